The summed E-state index contributed by atoms with van der Waals surface area (Å²) in [7, 11) is 3.99. The maximum Gasteiger partial charge on any atom is 0.181 e. The van der Waals surface area contributed by atoms with E-state index in [1.807, 2.05) is 32.3 Å². The zero-order valence-corrected chi connectivity index (χ0v) is 9.55. The van der Waals surface area contributed by atoms with Crippen molar-refractivity contribution in [3.63, 3.8) is 0 Å². The number of nitrogens with zero attached hydrogens (tertiary/aromatic N) is 2. The number of benzene rings is 1. The summed E-state index contributed by atoms with van der Waals surface area (Å²) in [5.74, 6) is 0. The van der Waals surface area contributed by atoms with Crippen molar-refractivity contribution in [2.75, 3.05) is 20.6 Å². The van der Waals surface area contributed by atoms with Gasteiger partial charge in [0.05, 0.1) is 6.10 Å². The van der Waals surface area contributed by atoms with E-state index < -0.39 is 6.10 Å². The predicted octanol–water partition coefficient (Wildman–Crippen LogP) is 1.81. The number of hydrogen-bond acceptors (Lipinski definition) is 4. The van der Waals surface area contributed by atoms with E-state index >= 15 is 0 Å². The molecule has 4 heteroatoms. The van der Waals surface area contributed by atoms with Gasteiger partial charge in [0.1, 0.15) is 5.52 Å². The van der Waals surface area contributed by atoms with Gasteiger partial charge in [0.15, 0.2) is 12.0 Å². The molecule has 1 N–H and O–H groups in total. The first-order valence-electron chi connectivity index (χ1n) is 5.33. The molecular formula is C12H16N2O2. The molecule has 4 nitrogen and oxygen atoms in total. The van der Waals surface area contributed by atoms with Crippen LogP contribution in [0.4, 0.5) is 0 Å². The Labute approximate surface area is 94.5 Å². The molecule has 0 bridgehead atoms. The van der Waals surface area contributed by atoms with E-state index in [4.69, 9.17) is 4.42 Å². The third-order valence-electron chi connectivity index (χ3n) is 2.59. The molecule has 0 aliphatic heterocycles. The van der Waals surface area contributed by atoms with Gasteiger partial charge in [-0.2, -0.15) is 0 Å². The van der Waals surface area contributed by atoms with Crippen molar-refractivity contribution in [2.24, 2.45) is 0 Å². The Hall–Kier alpha value is -1.39. The molecule has 2 aromatic rings. The van der Waals surface area contributed by atoms with Gasteiger partial charge < -0.3 is 14.4 Å². The van der Waals surface area contributed by atoms with E-state index in [0.29, 0.717) is 0 Å². The van der Waals surface area contributed by atoms with Crippen LogP contribution < -0.4 is 0 Å². The van der Waals surface area contributed by atoms with Gasteiger partial charge in [0.2, 0.25) is 0 Å². The summed E-state index contributed by atoms with van der Waals surface area (Å²) >= 11 is 0. The van der Waals surface area contributed by atoms with E-state index in [2.05, 4.69) is 9.88 Å². The molecule has 1 atom stereocenters. The van der Waals surface area contributed by atoms with Crippen LogP contribution >= 0.6 is 0 Å². The summed E-state index contributed by atoms with van der Waals surface area (Å²) in [5.41, 5.74) is 2.44. The molecule has 0 saturated heterocycles. The lowest BCUT2D eigenvalue weighted by atomic mass is 10.1. The highest BCUT2D eigenvalue weighted by Gasteiger charge is 2.09. The Kier molecular flexibility index (Phi) is 3.22. The highest BCUT2D eigenvalue weighted by atomic mass is 16.3. The number of aliphatic hydroxyl groups is 1. The van der Waals surface area contributed by atoms with Crippen molar-refractivity contribution in [1.29, 1.82) is 0 Å². The Morgan fingerprint density at radius 3 is 3.00 bits per heavy atom. The van der Waals surface area contributed by atoms with Crippen LogP contribution in [-0.4, -0.2) is 35.6 Å². The van der Waals surface area contributed by atoms with Gasteiger partial charge in [0.25, 0.3) is 0 Å². The maximum absolute atomic E-state index is 9.98. The standard InChI is InChI=1S/C12H16N2O2/c1-14(2)6-5-11(15)9-3-4-12-10(7-9)13-8-16-12/h3-4,7-8,11,15H,5-6H2,1-2H3. The lowest BCUT2D eigenvalue weighted by Crippen LogP contribution is -2.15. The highest BCUT2D eigenvalue weighted by molar-refractivity contribution is 5.72. The number of fused-ring (bicyclic) bond motifs is 1. The fourth-order valence-electron chi connectivity index (χ4n) is 1.63. The summed E-state index contributed by atoms with van der Waals surface area (Å²) in [6.07, 6.45) is 1.69. The van der Waals surface area contributed by atoms with Gasteiger partial charge in [-0.05, 0) is 38.2 Å². The largest absolute Gasteiger partial charge is 0.443 e. The molecule has 0 saturated carbocycles. The summed E-state index contributed by atoms with van der Waals surface area (Å²) in [5, 5.41) is 9.98. The molecule has 86 valence electrons. The smallest absolute Gasteiger partial charge is 0.181 e. The summed E-state index contributed by atoms with van der Waals surface area (Å²) in [4.78, 5) is 6.12. The average Bonchev–Trinajstić information content (AvgIpc) is 2.72. The molecule has 0 spiro atoms. The molecule has 1 aromatic heterocycles. The first-order chi connectivity index (χ1) is 7.66. The zero-order chi connectivity index (χ0) is 11.5. The lowest BCUT2D eigenvalue weighted by Gasteiger charge is -2.14. The fraction of sp³-hybridized carbons (Fsp3) is 0.417. The molecular weight excluding hydrogens is 204 g/mol. The third kappa shape index (κ3) is 2.40. The number of aliphatic hydroxyl groups excluding tert-OH is 1. The van der Waals surface area contributed by atoms with Gasteiger partial charge in [-0.1, -0.05) is 6.07 Å². The van der Waals surface area contributed by atoms with Crippen molar-refractivity contribution in [1.82, 2.24) is 9.88 Å². The molecule has 2 rings (SSSR count). The lowest BCUT2D eigenvalue weighted by molar-refractivity contribution is 0.154. The van der Waals surface area contributed by atoms with E-state index in [9.17, 15) is 5.11 Å². The Bertz CT molecular complexity index is 465. The van der Waals surface area contributed by atoms with Crippen LogP contribution in [0, 0.1) is 0 Å². The Morgan fingerprint density at radius 1 is 1.44 bits per heavy atom. The summed E-state index contributed by atoms with van der Waals surface area (Å²) in [6.45, 7) is 0.859. The number of hydrogen-bond donors (Lipinski definition) is 1. The van der Waals surface area contributed by atoms with Gasteiger partial charge in [-0.3, -0.25) is 0 Å². The maximum atomic E-state index is 9.98. The second kappa shape index (κ2) is 4.63. The molecule has 0 fully saturated rings. The van der Waals surface area contributed by atoms with E-state index in [-0.39, 0.29) is 0 Å². The second-order valence-corrected chi connectivity index (χ2v) is 4.19. The molecule has 1 aromatic carbocycles. The van der Waals surface area contributed by atoms with Crippen molar-refractivity contribution < 1.29 is 9.52 Å². The average molecular weight is 220 g/mol. The minimum absolute atomic E-state index is 0.441. The molecule has 0 aliphatic carbocycles. The van der Waals surface area contributed by atoms with E-state index in [0.717, 1.165) is 29.6 Å². The molecule has 0 amide bonds. The molecule has 16 heavy (non-hydrogen) atoms. The quantitative estimate of drug-likeness (QED) is 0.853. The fourth-order valence-corrected chi connectivity index (χ4v) is 1.63. The molecule has 0 aliphatic rings. The molecule has 1 heterocycles. The minimum Gasteiger partial charge on any atom is -0.443 e. The van der Waals surface area contributed by atoms with Crippen molar-refractivity contribution in [3.8, 4) is 0 Å². The number of rotatable bonds is 4. The normalized spacial score (nSPS) is 13.5. The summed E-state index contributed by atoms with van der Waals surface area (Å²) < 4.78 is 5.15. The monoisotopic (exact) mass is 220 g/mol. The van der Waals surface area contributed by atoms with Crippen molar-refractivity contribution >= 4 is 11.1 Å². The topological polar surface area (TPSA) is 49.5 Å². The van der Waals surface area contributed by atoms with Crippen molar-refractivity contribution in [3.05, 3.63) is 30.2 Å². The Balaban J connectivity index is 2.12. The third-order valence-corrected chi connectivity index (χ3v) is 2.59. The Morgan fingerprint density at radius 2 is 2.25 bits per heavy atom. The highest BCUT2D eigenvalue weighted by Crippen LogP contribution is 2.21. The zero-order valence-electron chi connectivity index (χ0n) is 9.55. The van der Waals surface area contributed by atoms with Gasteiger partial charge in [-0.15, -0.1) is 0 Å². The van der Waals surface area contributed by atoms with Crippen molar-refractivity contribution in [2.45, 2.75) is 12.5 Å². The van der Waals surface area contributed by atoms with Gasteiger partial charge in [0, 0.05) is 6.54 Å². The van der Waals surface area contributed by atoms with Gasteiger partial charge >= 0.3 is 0 Å². The second-order valence-electron chi connectivity index (χ2n) is 4.19. The van der Waals surface area contributed by atoms with Crippen LogP contribution in [0.1, 0.15) is 18.1 Å². The minimum atomic E-state index is -0.441. The first-order valence-corrected chi connectivity index (χ1v) is 5.33. The van der Waals surface area contributed by atoms with Crippen LogP contribution in [0.5, 0.6) is 0 Å². The van der Waals surface area contributed by atoms with E-state index in [1.54, 1.807) is 0 Å². The summed E-state index contributed by atoms with van der Waals surface area (Å²) in [6, 6.07) is 5.60. The van der Waals surface area contributed by atoms with Crippen LogP contribution in [-0.2, 0) is 0 Å². The van der Waals surface area contributed by atoms with Crippen LogP contribution in [0.3, 0.4) is 0 Å². The SMILES string of the molecule is CN(C)CCC(O)c1ccc2ocnc2c1. The van der Waals surface area contributed by atoms with Crippen LogP contribution in [0.25, 0.3) is 11.1 Å². The first kappa shape index (κ1) is 11.1. The number of oxazole rings is 1. The number of aromatic nitrogens is 1. The molecule has 0 radical (unpaired) electrons. The van der Waals surface area contributed by atoms with Crippen LogP contribution in [0.15, 0.2) is 29.0 Å². The van der Waals surface area contributed by atoms with E-state index in [1.165, 1.54) is 6.39 Å². The predicted molar refractivity (Wildman–Crippen MR) is 62.1 cm³/mol. The molecule has 1 unspecified atom stereocenters. The van der Waals surface area contributed by atoms with Gasteiger partial charge in [-0.25, -0.2) is 4.98 Å². The van der Waals surface area contributed by atoms with Crippen LogP contribution in [0.2, 0.25) is 0 Å².